The molecule has 0 aliphatic rings. The van der Waals surface area contributed by atoms with Gasteiger partial charge in [0.05, 0.1) is 33.1 Å². The normalized spacial score (nSPS) is 10.5. The molecular formula is C24H27N3O5. The molecule has 1 heterocycles. The third-order valence-corrected chi connectivity index (χ3v) is 4.85. The van der Waals surface area contributed by atoms with Crippen molar-refractivity contribution in [1.29, 1.82) is 0 Å². The van der Waals surface area contributed by atoms with Crippen LogP contribution in [0.15, 0.2) is 59.4 Å². The Morgan fingerprint density at radius 3 is 2.44 bits per heavy atom. The van der Waals surface area contributed by atoms with Gasteiger partial charge in [0.1, 0.15) is 17.2 Å². The van der Waals surface area contributed by atoms with Gasteiger partial charge in [-0.25, -0.2) is 4.68 Å². The molecular weight excluding hydrogens is 410 g/mol. The molecule has 3 rings (SSSR count). The number of rotatable bonds is 10. The minimum atomic E-state index is -0.260. The number of aryl methyl sites for hydroxylation is 1. The zero-order valence-electron chi connectivity index (χ0n) is 18.5. The Kier molecular flexibility index (Phi) is 7.85. The van der Waals surface area contributed by atoms with E-state index >= 15 is 0 Å². The zero-order chi connectivity index (χ0) is 22.9. The number of carbonyl (C=O) groups is 1. The summed E-state index contributed by atoms with van der Waals surface area (Å²) >= 11 is 0. The highest BCUT2D eigenvalue weighted by Gasteiger charge is 2.09. The number of aromatic nitrogens is 2. The molecule has 0 fully saturated rings. The summed E-state index contributed by atoms with van der Waals surface area (Å²) in [6, 6.07) is 16.0. The molecule has 1 aromatic heterocycles. The van der Waals surface area contributed by atoms with Crippen LogP contribution in [0.25, 0.3) is 11.3 Å². The minimum absolute atomic E-state index is 0.123. The number of nitrogens with zero attached hydrogens (tertiary/aromatic N) is 2. The van der Waals surface area contributed by atoms with Crippen LogP contribution in [-0.2, 0) is 17.9 Å². The molecule has 0 radical (unpaired) electrons. The van der Waals surface area contributed by atoms with Gasteiger partial charge in [0.25, 0.3) is 5.56 Å². The molecule has 0 aliphatic carbocycles. The molecule has 1 amide bonds. The Balaban J connectivity index is 1.61. The first-order chi connectivity index (χ1) is 15.5. The molecule has 0 saturated heterocycles. The van der Waals surface area contributed by atoms with Crippen LogP contribution in [0.5, 0.6) is 17.2 Å². The van der Waals surface area contributed by atoms with Gasteiger partial charge in [-0.1, -0.05) is 0 Å². The number of hydrogen-bond acceptors (Lipinski definition) is 6. The second-order valence-corrected chi connectivity index (χ2v) is 6.94. The topological polar surface area (TPSA) is 91.7 Å². The van der Waals surface area contributed by atoms with E-state index in [4.69, 9.17) is 14.2 Å². The third kappa shape index (κ3) is 5.87. The second kappa shape index (κ2) is 11.0. The average molecular weight is 437 g/mol. The molecule has 0 aliphatic heterocycles. The maximum atomic E-state index is 12.3. The first kappa shape index (κ1) is 22.9. The number of ether oxygens (including phenoxy) is 3. The number of hydrogen-bond donors (Lipinski definition) is 1. The van der Waals surface area contributed by atoms with Crippen LogP contribution in [-0.4, -0.2) is 36.5 Å². The van der Waals surface area contributed by atoms with Gasteiger partial charge in [0.15, 0.2) is 0 Å². The van der Waals surface area contributed by atoms with E-state index in [0.717, 1.165) is 16.9 Å². The summed E-state index contributed by atoms with van der Waals surface area (Å²) in [6.07, 6.45) is 0.123. The van der Waals surface area contributed by atoms with E-state index in [1.165, 1.54) is 10.7 Å². The lowest BCUT2D eigenvalue weighted by Gasteiger charge is -2.12. The van der Waals surface area contributed by atoms with E-state index in [0.29, 0.717) is 30.3 Å². The molecule has 8 nitrogen and oxygen atoms in total. The van der Waals surface area contributed by atoms with E-state index in [1.807, 2.05) is 37.3 Å². The van der Waals surface area contributed by atoms with Crippen molar-refractivity contribution >= 4 is 5.91 Å². The first-order valence-corrected chi connectivity index (χ1v) is 10.3. The fraction of sp³-hybridized carbons (Fsp3) is 0.292. The Hall–Kier alpha value is -3.81. The smallest absolute Gasteiger partial charge is 0.266 e. The van der Waals surface area contributed by atoms with E-state index in [-0.39, 0.29) is 24.4 Å². The lowest BCUT2D eigenvalue weighted by atomic mass is 10.1. The minimum Gasteiger partial charge on any atom is -0.497 e. The van der Waals surface area contributed by atoms with Gasteiger partial charge >= 0.3 is 0 Å². The predicted octanol–water partition coefficient (Wildman–Crippen LogP) is 3.03. The number of benzene rings is 2. The standard InChI is InChI=1S/C24H27N3O5/c1-4-32-19-8-5-17(6-9-19)21-11-12-24(29)27(26-21)14-13-23(28)25-16-18-7-10-20(30-2)15-22(18)31-3/h5-12,15H,4,13-14,16H2,1-3H3,(H,25,28). The fourth-order valence-electron chi connectivity index (χ4n) is 3.14. The summed E-state index contributed by atoms with van der Waals surface area (Å²) in [6.45, 7) is 3.00. The van der Waals surface area contributed by atoms with Gasteiger partial charge in [0.2, 0.25) is 5.91 Å². The number of methoxy groups -OCH3 is 2. The lowest BCUT2D eigenvalue weighted by molar-refractivity contribution is -0.121. The highest BCUT2D eigenvalue weighted by Crippen LogP contribution is 2.24. The maximum Gasteiger partial charge on any atom is 0.266 e. The Morgan fingerprint density at radius 1 is 1.00 bits per heavy atom. The van der Waals surface area contributed by atoms with Gasteiger partial charge in [-0.15, -0.1) is 0 Å². The molecule has 0 bridgehead atoms. The quantitative estimate of drug-likeness (QED) is 0.524. The zero-order valence-corrected chi connectivity index (χ0v) is 18.5. The van der Waals surface area contributed by atoms with Crippen LogP contribution in [0, 0.1) is 0 Å². The van der Waals surface area contributed by atoms with Crippen molar-refractivity contribution in [3.8, 4) is 28.5 Å². The van der Waals surface area contributed by atoms with Gasteiger partial charge in [0, 0.05) is 36.2 Å². The second-order valence-electron chi connectivity index (χ2n) is 6.94. The van der Waals surface area contributed by atoms with Gasteiger partial charge in [-0.3, -0.25) is 9.59 Å². The van der Waals surface area contributed by atoms with E-state index in [1.54, 1.807) is 32.4 Å². The van der Waals surface area contributed by atoms with Crippen molar-refractivity contribution in [1.82, 2.24) is 15.1 Å². The van der Waals surface area contributed by atoms with Crippen molar-refractivity contribution in [3.63, 3.8) is 0 Å². The predicted molar refractivity (Wildman–Crippen MR) is 121 cm³/mol. The van der Waals surface area contributed by atoms with E-state index in [2.05, 4.69) is 10.4 Å². The third-order valence-electron chi connectivity index (χ3n) is 4.85. The van der Waals surface area contributed by atoms with Crippen LogP contribution in [0.2, 0.25) is 0 Å². The number of nitrogens with one attached hydrogen (secondary N) is 1. The molecule has 0 saturated carbocycles. The SMILES string of the molecule is CCOc1ccc(-c2ccc(=O)n(CCC(=O)NCc3ccc(OC)cc3OC)n2)cc1. The summed E-state index contributed by atoms with van der Waals surface area (Å²) in [7, 11) is 3.15. The van der Waals surface area contributed by atoms with Crippen LogP contribution < -0.4 is 25.1 Å². The summed E-state index contributed by atoms with van der Waals surface area (Å²) in [4.78, 5) is 24.5. The van der Waals surface area contributed by atoms with Crippen molar-refractivity contribution in [2.24, 2.45) is 0 Å². The van der Waals surface area contributed by atoms with Crippen LogP contribution >= 0.6 is 0 Å². The van der Waals surface area contributed by atoms with E-state index < -0.39 is 0 Å². The molecule has 2 aromatic carbocycles. The number of carbonyl (C=O) groups excluding carboxylic acids is 1. The molecule has 0 unspecified atom stereocenters. The Labute approximate surface area is 186 Å². The monoisotopic (exact) mass is 437 g/mol. The van der Waals surface area contributed by atoms with Crippen molar-refractivity contribution in [2.45, 2.75) is 26.4 Å². The maximum absolute atomic E-state index is 12.3. The summed E-state index contributed by atoms with van der Waals surface area (Å²) in [5, 5.41) is 7.25. The van der Waals surface area contributed by atoms with Gasteiger partial charge in [-0.05, 0) is 49.4 Å². The Morgan fingerprint density at radius 2 is 1.75 bits per heavy atom. The molecule has 32 heavy (non-hydrogen) atoms. The molecule has 1 N–H and O–H groups in total. The average Bonchev–Trinajstić information content (AvgIpc) is 2.82. The molecule has 3 aromatic rings. The summed E-state index contributed by atoms with van der Waals surface area (Å²) in [5.41, 5.74) is 2.08. The largest absolute Gasteiger partial charge is 0.497 e. The summed E-state index contributed by atoms with van der Waals surface area (Å²) < 4.78 is 17.3. The van der Waals surface area contributed by atoms with Crippen LogP contribution in [0.1, 0.15) is 18.9 Å². The van der Waals surface area contributed by atoms with Crippen molar-refractivity contribution < 1.29 is 19.0 Å². The van der Waals surface area contributed by atoms with Crippen molar-refractivity contribution in [3.05, 3.63) is 70.5 Å². The van der Waals surface area contributed by atoms with Crippen molar-refractivity contribution in [2.75, 3.05) is 20.8 Å². The number of amides is 1. The molecule has 0 atom stereocenters. The van der Waals surface area contributed by atoms with E-state index in [9.17, 15) is 9.59 Å². The highest BCUT2D eigenvalue weighted by atomic mass is 16.5. The molecule has 0 spiro atoms. The van der Waals surface area contributed by atoms with Gasteiger partial charge < -0.3 is 19.5 Å². The molecule has 8 heteroatoms. The van der Waals surface area contributed by atoms with Crippen LogP contribution in [0.3, 0.4) is 0 Å². The van der Waals surface area contributed by atoms with Crippen LogP contribution in [0.4, 0.5) is 0 Å². The Bertz CT molecular complexity index is 1110. The first-order valence-electron chi connectivity index (χ1n) is 10.3. The fourth-order valence-corrected chi connectivity index (χ4v) is 3.14. The molecule has 168 valence electrons. The summed E-state index contributed by atoms with van der Waals surface area (Å²) in [5.74, 6) is 1.89. The van der Waals surface area contributed by atoms with Gasteiger partial charge in [-0.2, -0.15) is 5.10 Å². The lowest BCUT2D eigenvalue weighted by Crippen LogP contribution is -2.28. The highest BCUT2D eigenvalue weighted by molar-refractivity contribution is 5.75.